The SMILES string of the molecule is Cc1nc2ccccc2nc1COC(=O)c1ccc(-n2cncn2)cc1. The number of carbonyl (C=O) groups is 1. The molecule has 128 valence electrons. The zero-order valence-electron chi connectivity index (χ0n) is 14.0. The summed E-state index contributed by atoms with van der Waals surface area (Å²) in [7, 11) is 0. The van der Waals surface area contributed by atoms with E-state index in [2.05, 4.69) is 20.1 Å². The molecule has 0 N–H and O–H groups in total. The van der Waals surface area contributed by atoms with Crippen molar-refractivity contribution in [3.05, 3.63) is 78.1 Å². The lowest BCUT2D eigenvalue weighted by Gasteiger charge is -2.08. The lowest BCUT2D eigenvalue weighted by molar-refractivity contribution is 0.0467. The van der Waals surface area contributed by atoms with Gasteiger partial charge in [-0.2, -0.15) is 5.10 Å². The highest BCUT2D eigenvalue weighted by Crippen LogP contribution is 2.14. The van der Waals surface area contributed by atoms with Gasteiger partial charge in [0, 0.05) is 0 Å². The largest absolute Gasteiger partial charge is 0.456 e. The third kappa shape index (κ3) is 3.14. The van der Waals surface area contributed by atoms with Crippen LogP contribution in [-0.4, -0.2) is 30.7 Å². The maximum Gasteiger partial charge on any atom is 0.338 e. The molecule has 4 aromatic rings. The van der Waals surface area contributed by atoms with E-state index in [0.29, 0.717) is 11.3 Å². The average Bonchev–Trinajstić information content (AvgIpc) is 3.21. The molecular weight excluding hydrogens is 330 g/mol. The van der Waals surface area contributed by atoms with Gasteiger partial charge in [0.05, 0.1) is 33.7 Å². The van der Waals surface area contributed by atoms with Crippen molar-refractivity contribution in [3.63, 3.8) is 0 Å². The Morgan fingerprint density at radius 1 is 1.04 bits per heavy atom. The molecule has 2 aromatic heterocycles. The monoisotopic (exact) mass is 345 g/mol. The first-order valence-corrected chi connectivity index (χ1v) is 8.05. The number of fused-ring (bicyclic) bond motifs is 1. The van der Waals surface area contributed by atoms with Crippen molar-refractivity contribution in [2.75, 3.05) is 0 Å². The summed E-state index contributed by atoms with van der Waals surface area (Å²) in [6.45, 7) is 1.93. The van der Waals surface area contributed by atoms with Gasteiger partial charge in [-0.25, -0.2) is 24.4 Å². The number of aromatic nitrogens is 5. The topological polar surface area (TPSA) is 82.8 Å². The zero-order chi connectivity index (χ0) is 17.9. The lowest BCUT2D eigenvalue weighted by Crippen LogP contribution is -2.08. The first-order valence-electron chi connectivity index (χ1n) is 8.05. The molecule has 0 fully saturated rings. The number of aryl methyl sites for hydroxylation is 1. The Kier molecular flexibility index (Phi) is 4.10. The van der Waals surface area contributed by atoms with Crippen LogP contribution in [0.2, 0.25) is 0 Å². The Labute approximate surface area is 149 Å². The van der Waals surface area contributed by atoms with Crippen LogP contribution >= 0.6 is 0 Å². The third-order valence-electron chi connectivity index (χ3n) is 3.97. The standard InChI is InChI=1S/C19H15N5O2/c1-13-18(23-17-5-3-2-4-16(17)22-13)10-26-19(25)14-6-8-15(9-7-14)24-12-20-11-21-24/h2-9,11-12H,10H2,1H3. The molecule has 0 atom stereocenters. The number of ether oxygens (including phenoxy) is 1. The summed E-state index contributed by atoms with van der Waals surface area (Å²) >= 11 is 0. The van der Waals surface area contributed by atoms with Crippen molar-refractivity contribution in [1.82, 2.24) is 24.7 Å². The van der Waals surface area contributed by atoms with E-state index in [4.69, 9.17) is 4.74 Å². The maximum atomic E-state index is 12.3. The third-order valence-corrected chi connectivity index (χ3v) is 3.97. The molecule has 0 bridgehead atoms. The number of hydrogen-bond acceptors (Lipinski definition) is 6. The van der Waals surface area contributed by atoms with Crippen molar-refractivity contribution in [2.45, 2.75) is 13.5 Å². The Bertz CT molecular complexity index is 1060. The van der Waals surface area contributed by atoms with Gasteiger partial charge in [-0.05, 0) is 43.3 Å². The van der Waals surface area contributed by atoms with E-state index >= 15 is 0 Å². The second kappa shape index (κ2) is 6.72. The molecule has 0 saturated carbocycles. The summed E-state index contributed by atoms with van der Waals surface area (Å²) in [6, 6.07) is 14.6. The first-order chi connectivity index (χ1) is 12.7. The van der Waals surface area contributed by atoms with Crippen molar-refractivity contribution in [2.24, 2.45) is 0 Å². The highest BCUT2D eigenvalue weighted by atomic mass is 16.5. The first kappa shape index (κ1) is 15.9. The predicted octanol–water partition coefficient (Wildman–Crippen LogP) is 2.88. The van der Waals surface area contributed by atoms with Gasteiger partial charge in [0.1, 0.15) is 19.3 Å². The second-order valence-corrected chi connectivity index (χ2v) is 5.71. The Morgan fingerprint density at radius 2 is 1.77 bits per heavy atom. The minimum atomic E-state index is -0.413. The van der Waals surface area contributed by atoms with Crippen LogP contribution in [-0.2, 0) is 11.3 Å². The van der Waals surface area contributed by atoms with Gasteiger partial charge in [0.25, 0.3) is 0 Å². The molecular formula is C19H15N5O2. The summed E-state index contributed by atoms with van der Waals surface area (Å²) in [5, 5.41) is 4.05. The van der Waals surface area contributed by atoms with E-state index in [1.54, 1.807) is 35.3 Å². The number of carbonyl (C=O) groups excluding carboxylic acids is 1. The number of hydrogen-bond donors (Lipinski definition) is 0. The number of esters is 1. The van der Waals surface area contributed by atoms with Crippen molar-refractivity contribution >= 4 is 17.0 Å². The molecule has 0 spiro atoms. The molecule has 0 aliphatic carbocycles. The van der Waals surface area contributed by atoms with Gasteiger partial charge in [0.2, 0.25) is 0 Å². The van der Waals surface area contributed by atoms with Crippen LogP contribution in [0.3, 0.4) is 0 Å². The fourth-order valence-electron chi connectivity index (χ4n) is 2.57. The quantitative estimate of drug-likeness (QED) is 0.529. The Morgan fingerprint density at radius 3 is 2.46 bits per heavy atom. The van der Waals surface area contributed by atoms with Crippen LogP contribution in [0.5, 0.6) is 0 Å². The molecule has 0 aliphatic rings. The van der Waals surface area contributed by atoms with E-state index in [0.717, 1.165) is 22.4 Å². The van der Waals surface area contributed by atoms with Crippen molar-refractivity contribution in [3.8, 4) is 5.69 Å². The molecule has 4 rings (SSSR count). The minimum absolute atomic E-state index is 0.0767. The van der Waals surface area contributed by atoms with Gasteiger partial charge in [-0.15, -0.1) is 0 Å². The molecule has 0 unspecified atom stereocenters. The number of benzene rings is 2. The van der Waals surface area contributed by atoms with Gasteiger partial charge < -0.3 is 4.74 Å². The van der Waals surface area contributed by atoms with Gasteiger partial charge in [0.15, 0.2) is 0 Å². The van der Waals surface area contributed by atoms with Crippen LogP contribution in [0.15, 0.2) is 61.2 Å². The summed E-state index contributed by atoms with van der Waals surface area (Å²) in [6.07, 6.45) is 3.05. The van der Waals surface area contributed by atoms with Gasteiger partial charge >= 0.3 is 5.97 Å². The molecule has 7 nitrogen and oxygen atoms in total. The van der Waals surface area contributed by atoms with Gasteiger partial charge in [-0.1, -0.05) is 12.1 Å². The average molecular weight is 345 g/mol. The molecule has 7 heteroatoms. The van der Waals surface area contributed by atoms with Gasteiger partial charge in [-0.3, -0.25) is 0 Å². The van der Waals surface area contributed by atoms with E-state index in [9.17, 15) is 4.79 Å². The predicted molar refractivity (Wildman–Crippen MR) is 94.8 cm³/mol. The molecule has 0 saturated heterocycles. The second-order valence-electron chi connectivity index (χ2n) is 5.71. The van der Waals surface area contributed by atoms with E-state index < -0.39 is 5.97 Å². The van der Waals surface area contributed by atoms with Crippen LogP contribution in [0, 0.1) is 6.92 Å². The minimum Gasteiger partial charge on any atom is -0.456 e. The summed E-state index contributed by atoms with van der Waals surface area (Å²) < 4.78 is 7.01. The van der Waals surface area contributed by atoms with E-state index in [1.165, 1.54) is 6.33 Å². The summed E-state index contributed by atoms with van der Waals surface area (Å²) in [5.41, 5.74) is 4.27. The number of nitrogens with zero attached hydrogens (tertiary/aromatic N) is 5. The summed E-state index contributed by atoms with van der Waals surface area (Å²) in [5.74, 6) is -0.413. The van der Waals surface area contributed by atoms with Crippen LogP contribution in [0.4, 0.5) is 0 Å². The normalized spacial score (nSPS) is 10.8. The van der Waals surface area contributed by atoms with Crippen LogP contribution in [0.25, 0.3) is 16.7 Å². The fraction of sp³-hybridized carbons (Fsp3) is 0.105. The fourth-order valence-corrected chi connectivity index (χ4v) is 2.57. The molecule has 2 heterocycles. The van der Waals surface area contributed by atoms with Crippen LogP contribution in [0.1, 0.15) is 21.7 Å². The Balaban J connectivity index is 1.48. The highest BCUT2D eigenvalue weighted by molar-refractivity contribution is 5.89. The van der Waals surface area contributed by atoms with E-state index in [1.807, 2.05) is 31.2 Å². The molecule has 0 aliphatic heterocycles. The molecule has 26 heavy (non-hydrogen) atoms. The number of para-hydroxylation sites is 2. The highest BCUT2D eigenvalue weighted by Gasteiger charge is 2.11. The van der Waals surface area contributed by atoms with Crippen molar-refractivity contribution < 1.29 is 9.53 Å². The number of rotatable bonds is 4. The molecule has 0 radical (unpaired) electrons. The lowest BCUT2D eigenvalue weighted by atomic mass is 10.2. The zero-order valence-corrected chi connectivity index (χ0v) is 14.0. The summed E-state index contributed by atoms with van der Waals surface area (Å²) in [4.78, 5) is 25.2. The van der Waals surface area contributed by atoms with E-state index in [-0.39, 0.29) is 6.61 Å². The maximum absolute atomic E-state index is 12.3. The van der Waals surface area contributed by atoms with Crippen molar-refractivity contribution in [1.29, 1.82) is 0 Å². The Hall–Kier alpha value is -3.61. The smallest absolute Gasteiger partial charge is 0.338 e. The van der Waals surface area contributed by atoms with Crippen LogP contribution < -0.4 is 0 Å². The molecule has 2 aromatic carbocycles. The molecule has 0 amide bonds.